The number of anilines is 2. The molecule has 0 aliphatic rings. The van der Waals surface area contributed by atoms with Crippen LogP contribution in [0, 0.1) is 0 Å². The van der Waals surface area contributed by atoms with Crippen molar-refractivity contribution in [3.05, 3.63) is 11.9 Å². The normalized spacial score (nSPS) is 12.2. The van der Waals surface area contributed by atoms with E-state index in [-0.39, 0.29) is 6.54 Å². The maximum Gasteiger partial charge on any atom is 0.158 e. The third-order valence-corrected chi connectivity index (χ3v) is 5.31. The van der Waals surface area contributed by atoms with E-state index in [1.165, 1.54) is 6.26 Å². The highest BCUT2D eigenvalue weighted by molar-refractivity contribution is 7.92. The van der Waals surface area contributed by atoms with Crippen molar-refractivity contribution in [1.29, 1.82) is 0 Å². The van der Waals surface area contributed by atoms with E-state index in [0.29, 0.717) is 30.7 Å². The highest BCUT2D eigenvalue weighted by atomic mass is 32.2. The molecule has 0 radical (unpaired) electrons. The average Bonchev–Trinajstić information content (AvgIpc) is 2.41. The van der Waals surface area contributed by atoms with Crippen LogP contribution in [0.5, 0.6) is 0 Å². The van der Waals surface area contributed by atoms with E-state index in [1.54, 1.807) is 27.0 Å². The first kappa shape index (κ1) is 17.6. The van der Waals surface area contributed by atoms with Gasteiger partial charge in [0.2, 0.25) is 0 Å². The fourth-order valence-electron chi connectivity index (χ4n) is 1.41. The lowest BCUT2D eigenvalue weighted by Crippen LogP contribution is -2.38. The molecule has 1 aromatic heterocycles. The van der Waals surface area contributed by atoms with Gasteiger partial charge in [0.25, 0.3) is 0 Å². The van der Waals surface area contributed by atoms with Gasteiger partial charge in [0.15, 0.2) is 15.7 Å². The van der Waals surface area contributed by atoms with Gasteiger partial charge in [-0.15, -0.1) is 0 Å². The Labute approximate surface area is 126 Å². The Kier molecular flexibility index (Phi) is 5.91. The highest BCUT2D eigenvalue weighted by Gasteiger charge is 2.30. The summed E-state index contributed by atoms with van der Waals surface area (Å²) in [7, 11) is -1.40. The summed E-state index contributed by atoms with van der Waals surface area (Å²) >= 11 is 0. The fourth-order valence-corrected chi connectivity index (χ4v) is 1.74. The lowest BCUT2D eigenvalue weighted by atomic mass is 10.2. The molecule has 0 unspecified atom stereocenters. The SMILES string of the molecule is CCOCc1nc(NC)cc(NCC(C)(C)S(C)(=O)=O)n1. The third kappa shape index (κ3) is 5.13. The molecule has 0 aliphatic heterocycles. The van der Waals surface area contributed by atoms with Crippen LogP contribution in [0.4, 0.5) is 11.6 Å². The van der Waals surface area contributed by atoms with Crippen LogP contribution in [-0.2, 0) is 21.2 Å². The zero-order valence-corrected chi connectivity index (χ0v) is 14.0. The molecule has 0 amide bonds. The first-order valence-corrected chi connectivity index (χ1v) is 8.65. The van der Waals surface area contributed by atoms with Crippen LogP contribution in [0.15, 0.2) is 6.07 Å². The molecule has 0 spiro atoms. The van der Waals surface area contributed by atoms with Gasteiger partial charge in [0.05, 0.1) is 4.75 Å². The second-order valence-electron chi connectivity index (χ2n) is 5.33. The van der Waals surface area contributed by atoms with E-state index in [1.807, 2.05) is 6.92 Å². The number of nitrogens with one attached hydrogen (secondary N) is 2. The van der Waals surface area contributed by atoms with Gasteiger partial charge in [-0.2, -0.15) is 0 Å². The Morgan fingerprint density at radius 1 is 1.29 bits per heavy atom. The van der Waals surface area contributed by atoms with E-state index >= 15 is 0 Å². The number of hydrogen-bond donors (Lipinski definition) is 2. The fraction of sp³-hybridized carbons (Fsp3) is 0.692. The van der Waals surface area contributed by atoms with Crippen LogP contribution >= 0.6 is 0 Å². The van der Waals surface area contributed by atoms with Crippen molar-refractivity contribution in [2.45, 2.75) is 32.1 Å². The van der Waals surface area contributed by atoms with E-state index < -0.39 is 14.6 Å². The predicted molar refractivity (Wildman–Crippen MR) is 84.3 cm³/mol. The van der Waals surface area contributed by atoms with Gasteiger partial charge < -0.3 is 15.4 Å². The molecule has 1 aromatic rings. The number of ether oxygens (including phenoxy) is 1. The molecule has 0 saturated carbocycles. The van der Waals surface area contributed by atoms with Crippen molar-refractivity contribution in [2.75, 3.05) is 37.1 Å². The first-order chi connectivity index (χ1) is 9.69. The number of aromatic nitrogens is 2. The Bertz CT molecular complexity index is 573. The molecule has 2 N–H and O–H groups in total. The smallest absolute Gasteiger partial charge is 0.158 e. The molecule has 0 fully saturated rings. The van der Waals surface area contributed by atoms with Crippen LogP contribution in [0.3, 0.4) is 0 Å². The summed E-state index contributed by atoms with van der Waals surface area (Å²) in [6, 6.07) is 1.73. The zero-order chi connectivity index (χ0) is 16.1. The number of sulfone groups is 1. The van der Waals surface area contributed by atoms with Gasteiger partial charge >= 0.3 is 0 Å². The zero-order valence-electron chi connectivity index (χ0n) is 13.2. The summed E-state index contributed by atoms with van der Waals surface area (Å²) in [4.78, 5) is 8.60. The Morgan fingerprint density at radius 3 is 2.43 bits per heavy atom. The molecule has 0 bridgehead atoms. The molecule has 1 rings (SSSR count). The second kappa shape index (κ2) is 7.04. The third-order valence-electron chi connectivity index (χ3n) is 3.16. The maximum absolute atomic E-state index is 11.7. The molecule has 0 aromatic carbocycles. The van der Waals surface area contributed by atoms with Crippen molar-refractivity contribution in [3.63, 3.8) is 0 Å². The van der Waals surface area contributed by atoms with Crippen molar-refractivity contribution in [3.8, 4) is 0 Å². The molecule has 0 saturated heterocycles. The molecular weight excluding hydrogens is 292 g/mol. The maximum atomic E-state index is 11.7. The minimum Gasteiger partial charge on any atom is -0.374 e. The lowest BCUT2D eigenvalue weighted by Gasteiger charge is -2.23. The van der Waals surface area contributed by atoms with Crippen molar-refractivity contribution in [1.82, 2.24) is 9.97 Å². The van der Waals surface area contributed by atoms with E-state index in [0.717, 1.165) is 0 Å². The summed E-state index contributed by atoms with van der Waals surface area (Å²) in [5.41, 5.74) is 0. The van der Waals surface area contributed by atoms with Crippen LogP contribution in [0.1, 0.15) is 26.6 Å². The van der Waals surface area contributed by atoms with Crippen molar-refractivity contribution < 1.29 is 13.2 Å². The minimum absolute atomic E-state index is 0.264. The minimum atomic E-state index is -3.16. The highest BCUT2D eigenvalue weighted by Crippen LogP contribution is 2.17. The molecule has 1 heterocycles. The molecule has 7 nitrogen and oxygen atoms in total. The standard InChI is InChI=1S/C13H24N4O3S/c1-6-20-8-12-16-10(14-4)7-11(17-12)15-9-13(2,3)21(5,18)19/h7H,6,8-9H2,1-5H3,(H2,14,15,16,17). The molecule has 120 valence electrons. The quantitative estimate of drug-likeness (QED) is 0.746. The molecule has 21 heavy (non-hydrogen) atoms. The first-order valence-electron chi connectivity index (χ1n) is 6.76. The lowest BCUT2D eigenvalue weighted by molar-refractivity contribution is 0.128. The Morgan fingerprint density at radius 2 is 1.90 bits per heavy atom. The van der Waals surface area contributed by atoms with Crippen LogP contribution in [-0.4, -0.2) is 49.6 Å². The van der Waals surface area contributed by atoms with Crippen LogP contribution in [0.25, 0.3) is 0 Å². The van der Waals surface area contributed by atoms with Gasteiger partial charge in [-0.05, 0) is 20.8 Å². The number of hydrogen-bond acceptors (Lipinski definition) is 7. The average molecular weight is 316 g/mol. The molecule has 0 aliphatic carbocycles. The van der Waals surface area contributed by atoms with E-state index in [4.69, 9.17) is 4.74 Å². The molecule has 8 heteroatoms. The van der Waals surface area contributed by atoms with Crippen LogP contribution < -0.4 is 10.6 Å². The van der Waals surface area contributed by atoms with Gasteiger partial charge in [0, 0.05) is 32.5 Å². The summed E-state index contributed by atoms with van der Waals surface area (Å²) < 4.78 is 27.8. The van der Waals surface area contributed by atoms with E-state index in [2.05, 4.69) is 20.6 Å². The van der Waals surface area contributed by atoms with Gasteiger partial charge in [-0.1, -0.05) is 0 Å². The summed E-state index contributed by atoms with van der Waals surface area (Å²) in [6.07, 6.45) is 1.23. The Hall–Kier alpha value is -1.41. The molecular formula is C13H24N4O3S. The van der Waals surface area contributed by atoms with Gasteiger partial charge in [-0.3, -0.25) is 0 Å². The van der Waals surface area contributed by atoms with E-state index in [9.17, 15) is 8.42 Å². The van der Waals surface area contributed by atoms with Gasteiger partial charge in [0.1, 0.15) is 18.2 Å². The Balaban J connectivity index is 2.87. The summed E-state index contributed by atoms with van der Waals surface area (Å²) in [6.45, 7) is 6.41. The summed E-state index contributed by atoms with van der Waals surface area (Å²) in [5, 5.41) is 6.00. The van der Waals surface area contributed by atoms with Crippen molar-refractivity contribution >= 4 is 21.5 Å². The van der Waals surface area contributed by atoms with Gasteiger partial charge in [-0.25, -0.2) is 18.4 Å². The molecule has 0 atom stereocenters. The van der Waals surface area contributed by atoms with Crippen molar-refractivity contribution in [2.24, 2.45) is 0 Å². The topological polar surface area (TPSA) is 93.2 Å². The van der Waals surface area contributed by atoms with Crippen LogP contribution in [0.2, 0.25) is 0 Å². The number of nitrogens with zero attached hydrogens (tertiary/aromatic N) is 2. The summed E-state index contributed by atoms with van der Waals surface area (Å²) in [5.74, 6) is 1.77. The largest absolute Gasteiger partial charge is 0.374 e. The second-order valence-corrected chi connectivity index (χ2v) is 7.98. The number of rotatable bonds is 8. The monoisotopic (exact) mass is 316 g/mol. The predicted octanol–water partition coefficient (Wildman–Crippen LogP) is 1.29.